The molecular weight excluding hydrogens is 890 g/mol. The number of carboxylic acids is 1. The van der Waals surface area contributed by atoms with Crippen LogP contribution in [0.3, 0.4) is 0 Å². The van der Waals surface area contributed by atoms with Crippen molar-refractivity contribution in [2.45, 2.75) is 129 Å². The first-order valence-electron chi connectivity index (χ1n) is 24.8. The fourth-order valence-electron chi connectivity index (χ4n) is 10.1. The number of ether oxygens (including phenoxy) is 1. The molecule has 3 aromatic rings. The molecule has 0 aromatic heterocycles. The Morgan fingerprint density at radius 3 is 2.38 bits per heavy atom. The minimum Gasteiger partial charge on any atom is -0.492 e. The number of amides is 1. The number of hydrogen-bond acceptors (Lipinski definition) is 6. The van der Waals surface area contributed by atoms with Gasteiger partial charge in [0.15, 0.2) is 5.71 Å². The van der Waals surface area contributed by atoms with Gasteiger partial charge in [0.25, 0.3) is 0 Å². The van der Waals surface area contributed by atoms with Crippen LogP contribution in [0.5, 0.6) is 5.75 Å². The third-order valence-electron chi connectivity index (χ3n) is 13.9. The lowest BCUT2D eigenvalue weighted by Gasteiger charge is -2.27. The third kappa shape index (κ3) is 13.6. The molecule has 2 aliphatic heterocycles. The van der Waals surface area contributed by atoms with Crippen molar-refractivity contribution in [3.8, 4) is 11.8 Å². The Kier molecular flexibility index (Phi) is 19.2. The number of fused-ring (bicyclic) bond motifs is 2. The van der Waals surface area contributed by atoms with Crippen LogP contribution in [-0.2, 0) is 20.4 Å². The number of unbranched alkanes of at least 4 members (excludes halogenated alkanes) is 4. The average Bonchev–Trinajstić information content (AvgIpc) is 3.66. The van der Waals surface area contributed by atoms with Gasteiger partial charge in [-0.2, -0.15) is 9.84 Å². The highest BCUT2D eigenvalue weighted by molar-refractivity contribution is 6.35. The van der Waals surface area contributed by atoms with Crippen molar-refractivity contribution in [2.75, 3.05) is 50.8 Å². The molecule has 68 heavy (non-hydrogen) atoms. The Balaban J connectivity index is 1.03. The Morgan fingerprint density at radius 1 is 0.868 bits per heavy atom. The second-order valence-electron chi connectivity index (χ2n) is 19.5. The number of hydrogen-bond donors (Lipinski definition) is 2. The number of nitrogens with zero attached hydrogens (tertiary/aromatic N) is 4. The number of allylic oxidation sites excluding steroid dienone is 8. The van der Waals surface area contributed by atoms with Crippen LogP contribution >= 0.6 is 23.2 Å². The fraction of sp³-hybridized carbons (Fsp3) is 0.474. The minimum absolute atomic E-state index is 0.0768. The number of carbonyl (C=O) groups excluding carboxylic acids is 1. The maximum Gasteiger partial charge on any atom is 0.303 e. The van der Waals surface area contributed by atoms with E-state index in [0.717, 1.165) is 83.8 Å². The lowest BCUT2D eigenvalue weighted by atomic mass is 9.80. The molecule has 0 saturated heterocycles. The molecule has 3 aromatic carbocycles. The molecule has 9 nitrogen and oxygen atoms in total. The normalized spacial score (nSPS) is 17.4. The molecule has 1 aliphatic carbocycles. The number of nitriles is 1. The van der Waals surface area contributed by atoms with Gasteiger partial charge in [-0.25, -0.2) is 0 Å². The summed E-state index contributed by atoms with van der Waals surface area (Å²) in [4.78, 5) is 28.5. The number of nitrogens with one attached hydrogen (secondary N) is 1. The van der Waals surface area contributed by atoms with Crippen molar-refractivity contribution in [1.82, 2.24) is 10.2 Å². The van der Waals surface area contributed by atoms with Gasteiger partial charge in [0.1, 0.15) is 12.3 Å². The van der Waals surface area contributed by atoms with Crippen LogP contribution in [0.15, 0.2) is 113 Å². The number of carbonyl (C=O) groups is 2. The number of benzene rings is 3. The highest BCUT2D eigenvalue weighted by Crippen LogP contribution is 2.48. The standard InChI is InChI=1S/C57H71Cl2N5O4/c1-42-43(19-16-20-44(42)28-32-53-57(4,5)47-22-11-13-24-50(47)64(53)38-15-7-9-26-55(66)67)27-31-52-56(2,3)46-21-10-12-23-49(46)63(52)37-14-6-8-25-54(65)61-34-17-35-62(39-33-60)36-18-40-68-51-30-29-45(58)41-48(51)59/h10-13,21-24,27-32,41H,6-9,14-20,25-26,34-40H2,1-5H3,(H-,61,65,66,67)/p+1. The van der Waals surface area contributed by atoms with E-state index in [1.807, 2.05) is 0 Å². The first-order valence-corrected chi connectivity index (χ1v) is 25.5. The van der Waals surface area contributed by atoms with Gasteiger partial charge in [-0.05, 0) is 131 Å². The van der Waals surface area contributed by atoms with Crippen LogP contribution < -0.4 is 15.0 Å². The van der Waals surface area contributed by atoms with Gasteiger partial charge in [-0.15, -0.1) is 0 Å². The van der Waals surface area contributed by atoms with Crippen LogP contribution in [0, 0.1) is 11.3 Å². The molecule has 2 heterocycles. The predicted octanol–water partition coefficient (Wildman–Crippen LogP) is 13.0. The molecule has 0 atom stereocenters. The van der Waals surface area contributed by atoms with Gasteiger partial charge in [-0.3, -0.25) is 14.5 Å². The fourth-order valence-corrected chi connectivity index (χ4v) is 10.6. The van der Waals surface area contributed by atoms with Gasteiger partial charge in [0.2, 0.25) is 11.6 Å². The number of rotatable bonds is 25. The van der Waals surface area contributed by atoms with Crippen LogP contribution in [0.1, 0.15) is 129 Å². The quantitative estimate of drug-likeness (QED) is 0.0494. The molecule has 2 N–H and O–H groups in total. The van der Waals surface area contributed by atoms with E-state index in [9.17, 15) is 14.9 Å². The molecule has 6 rings (SSSR count). The number of anilines is 1. The third-order valence-corrected chi connectivity index (χ3v) is 14.5. The van der Waals surface area contributed by atoms with E-state index in [4.69, 9.17) is 33.0 Å². The predicted molar refractivity (Wildman–Crippen MR) is 279 cm³/mol. The van der Waals surface area contributed by atoms with E-state index in [1.54, 1.807) is 18.2 Å². The van der Waals surface area contributed by atoms with Crippen LogP contribution in [0.4, 0.5) is 11.4 Å². The van der Waals surface area contributed by atoms with Gasteiger partial charge in [0.05, 0.1) is 29.7 Å². The first-order chi connectivity index (χ1) is 32.7. The van der Waals surface area contributed by atoms with Gasteiger partial charge >= 0.3 is 5.97 Å². The number of aliphatic carboxylic acids is 1. The monoisotopic (exact) mass is 960 g/mol. The first kappa shape index (κ1) is 52.2. The van der Waals surface area contributed by atoms with Crippen molar-refractivity contribution in [1.29, 1.82) is 5.26 Å². The van der Waals surface area contributed by atoms with E-state index < -0.39 is 5.97 Å². The van der Waals surface area contributed by atoms with Crippen molar-refractivity contribution in [3.05, 3.63) is 135 Å². The van der Waals surface area contributed by atoms with Crippen molar-refractivity contribution < 1.29 is 24.0 Å². The molecule has 1 amide bonds. The summed E-state index contributed by atoms with van der Waals surface area (Å²) in [6.45, 7) is 16.2. The average molecular weight is 962 g/mol. The highest BCUT2D eigenvalue weighted by atomic mass is 35.5. The second-order valence-corrected chi connectivity index (χ2v) is 20.3. The topological polar surface area (TPSA) is 109 Å². The molecule has 0 fully saturated rings. The minimum atomic E-state index is -0.724. The summed E-state index contributed by atoms with van der Waals surface area (Å²) < 4.78 is 8.31. The summed E-state index contributed by atoms with van der Waals surface area (Å²) in [5, 5.41) is 22.6. The summed E-state index contributed by atoms with van der Waals surface area (Å²) in [5.74, 6) is -0.0528. The van der Waals surface area contributed by atoms with Crippen molar-refractivity contribution >= 4 is 52.2 Å². The van der Waals surface area contributed by atoms with Gasteiger partial charge in [0, 0.05) is 85.0 Å². The largest absolute Gasteiger partial charge is 0.492 e. The summed E-state index contributed by atoms with van der Waals surface area (Å²) in [5.41, 5.74) is 11.7. The SMILES string of the molecule is CC1=C(/C=C/C2=[N+](CCCCCC(=O)NCCCN(CC#N)CCCOc3ccc(Cl)cc3Cl)c3ccccc3C2(C)C)CCC/C1=C\C=C1/N(CCCCCC(=O)O)c2ccccc2C1(C)C. The van der Waals surface area contributed by atoms with E-state index in [-0.39, 0.29) is 23.2 Å². The molecule has 0 bridgehead atoms. The smallest absolute Gasteiger partial charge is 0.303 e. The molecule has 0 unspecified atom stereocenters. The molecular formula is C57H72Cl2N5O4+. The molecule has 362 valence electrons. The summed E-state index contributed by atoms with van der Waals surface area (Å²) in [7, 11) is 0. The second kappa shape index (κ2) is 24.9. The summed E-state index contributed by atoms with van der Waals surface area (Å²) >= 11 is 12.2. The van der Waals surface area contributed by atoms with Crippen LogP contribution in [-0.4, -0.2) is 78.0 Å². The molecule has 3 aliphatic rings. The maximum absolute atomic E-state index is 12.8. The number of para-hydroxylation sites is 2. The maximum atomic E-state index is 12.8. The van der Waals surface area contributed by atoms with Crippen LogP contribution in [0.25, 0.3) is 0 Å². The zero-order valence-corrected chi connectivity index (χ0v) is 42.5. The van der Waals surface area contributed by atoms with Gasteiger partial charge in [-0.1, -0.05) is 92.0 Å². The van der Waals surface area contributed by atoms with E-state index >= 15 is 0 Å². The van der Waals surface area contributed by atoms with E-state index in [2.05, 4.69) is 133 Å². The zero-order valence-electron chi connectivity index (χ0n) is 41.0. The Labute approximate surface area is 415 Å². The number of halogens is 2. The molecule has 11 heteroatoms. The van der Waals surface area contributed by atoms with E-state index in [0.29, 0.717) is 54.9 Å². The lowest BCUT2D eigenvalue weighted by Crippen LogP contribution is -2.31. The lowest BCUT2D eigenvalue weighted by molar-refractivity contribution is -0.438. The molecule has 0 spiro atoms. The molecule has 0 radical (unpaired) electrons. The molecule has 0 saturated carbocycles. The Bertz CT molecular complexity index is 2460. The van der Waals surface area contributed by atoms with Crippen LogP contribution in [0.2, 0.25) is 10.0 Å². The summed E-state index contributed by atoms with van der Waals surface area (Å²) in [6, 6.07) is 24.9. The summed E-state index contributed by atoms with van der Waals surface area (Å²) in [6.07, 6.45) is 20.2. The Hall–Kier alpha value is -5.14. The zero-order chi connectivity index (χ0) is 48.7. The Morgan fingerprint density at radius 2 is 1.60 bits per heavy atom. The van der Waals surface area contributed by atoms with E-state index in [1.165, 1.54) is 50.6 Å². The van der Waals surface area contributed by atoms with Crippen molar-refractivity contribution in [2.24, 2.45) is 0 Å². The number of carboxylic acid groups (broad SMARTS) is 1. The van der Waals surface area contributed by atoms with Gasteiger partial charge < -0.3 is 20.1 Å². The van der Waals surface area contributed by atoms with Crippen molar-refractivity contribution in [3.63, 3.8) is 0 Å². The highest BCUT2D eigenvalue weighted by Gasteiger charge is 2.44.